The van der Waals surface area contributed by atoms with E-state index in [4.69, 9.17) is 0 Å². The fourth-order valence-corrected chi connectivity index (χ4v) is 1.52. The highest BCUT2D eigenvalue weighted by molar-refractivity contribution is 9.09. The fraction of sp³-hybridized carbons (Fsp3) is 0.222. The molecule has 0 saturated carbocycles. The van der Waals surface area contributed by atoms with E-state index >= 15 is 0 Å². The normalized spacial score (nSPS) is 11.3. The van der Waals surface area contributed by atoms with Gasteiger partial charge in [0.2, 0.25) is 0 Å². The molecule has 0 aliphatic heterocycles. The third-order valence-electron chi connectivity index (χ3n) is 1.61. The number of hydrogen-bond donors (Lipinski definition) is 1. The second-order valence-electron chi connectivity index (χ2n) is 2.79. The zero-order chi connectivity index (χ0) is 12.3. The van der Waals surface area contributed by atoms with Crippen molar-refractivity contribution in [2.45, 2.75) is 11.3 Å². The van der Waals surface area contributed by atoms with Crippen molar-refractivity contribution in [2.24, 2.45) is 0 Å². The Balaban J connectivity index is 3.13. The number of rotatable bonds is 3. The molecule has 0 heterocycles. The van der Waals surface area contributed by atoms with Crippen molar-refractivity contribution in [1.82, 2.24) is 0 Å². The fourth-order valence-electron chi connectivity index (χ4n) is 1.02. The number of halogens is 4. The Kier molecular flexibility index (Phi) is 4.26. The number of carbonyl (C=O) groups excluding carboxylic acids is 1. The highest BCUT2D eigenvalue weighted by Gasteiger charge is 2.32. The summed E-state index contributed by atoms with van der Waals surface area (Å²) in [5.74, 6) is -1.03. The minimum atomic E-state index is -4.83. The predicted molar refractivity (Wildman–Crippen MR) is 58.5 cm³/mol. The van der Waals surface area contributed by atoms with Crippen LogP contribution < -0.4 is 4.74 Å². The van der Waals surface area contributed by atoms with Crippen molar-refractivity contribution >= 4 is 34.3 Å². The number of carbonyl (C=O) groups is 1. The maximum atomic E-state index is 12.1. The van der Waals surface area contributed by atoms with E-state index in [0.717, 1.165) is 6.07 Å². The SMILES string of the molecule is O=C(CBr)c1ccc(S)cc1OC(F)(F)F. The summed E-state index contributed by atoms with van der Waals surface area (Å²) >= 11 is 6.76. The molecule has 1 aromatic carbocycles. The second-order valence-corrected chi connectivity index (χ2v) is 3.86. The Morgan fingerprint density at radius 3 is 2.56 bits per heavy atom. The molecule has 0 aliphatic carbocycles. The minimum Gasteiger partial charge on any atom is -0.405 e. The van der Waals surface area contributed by atoms with Crippen molar-refractivity contribution in [2.75, 3.05) is 5.33 Å². The van der Waals surface area contributed by atoms with Gasteiger partial charge in [0.1, 0.15) is 5.75 Å². The van der Waals surface area contributed by atoms with Crippen molar-refractivity contribution in [3.63, 3.8) is 0 Å². The summed E-state index contributed by atoms with van der Waals surface area (Å²) in [6.45, 7) is 0. The molecular formula is C9H6BrF3O2S. The van der Waals surface area contributed by atoms with Crippen molar-refractivity contribution < 1.29 is 22.7 Å². The van der Waals surface area contributed by atoms with E-state index in [1.807, 2.05) is 0 Å². The monoisotopic (exact) mass is 314 g/mol. The van der Waals surface area contributed by atoms with E-state index in [-0.39, 0.29) is 15.8 Å². The number of ether oxygens (including phenoxy) is 1. The van der Waals surface area contributed by atoms with Gasteiger partial charge in [-0.1, -0.05) is 15.9 Å². The highest BCUT2D eigenvalue weighted by atomic mass is 79.9. The molecule has 0 spiro atoms. The molecule has 16 heavy (non-hydrogen) atoms. The molecule has 0 aromatic heterocycles. The minimum absolute atomic E-state index is 0.0763. The van der Waals surface area contributed by atoms with Gasteiger partial charge in [0.05, 0.1) is 10.9 Å². The van der Waals surface area contributed by atoms with Gasteiger partial charge in [-0.05, 0) is 18.2 Å². The van der Waals surface area contributed by atoms with E-state index in [1.165, 1.54) is 12.1 Å². The summed E-state index contributed by atoms with van der Waals surface area (Å²) < 4.78 is 39.9. The van der Waals surface area contributed by atoms with E-state index in [2.05, 4.69) is 33.3 Å². The van der Waals surface area contributed by atoms with E-state index in [0.29, 0.717) is 0 Å². The third kappa shape index (κ3) is 3.71. The molecule has 0 N–H and O–H groups in total. The Labute approximate surface area is 103 Å². The second kappa shape index (κ2) is 5.09. The average Bonchev–Trinajstić information content (AvgIpc) is 2.14. The van der Waals surface area contributed by atoms with Crippen LogP contribution in [0.4, 0.5) is 13.2 Å². The van der Waals surface area contributed by atoms with Crippen LogP contribution in [0.15, 0.2) is 23.1 Å². The molecule has 0 atom stereocenters. The summed E-state index contributed by atoms with van der Waals surface area (Å²) in [6.07, 6.45) is -4.83. The number of Topliss-reactive ketones (excluding diaryl/α,β-unsaturated/α-hetero) is 1. The highest BCUT2D eigenvalue weighted by Crippen LogP contribution is 2.29. The van der Waals surface area contributed by atoms with Crippen molar-refractivity contribution in [1.29, 1.82) is 0 Å². The molecule has 1 rings (SSSR count). The zero-order valence-electron chi connectivity index (χ0n) is 7.71. The topological polar surface area (TPSA) is 26.3 Å². The number of thiol groups is 1. The quantitative estimate of drug-likeness (QED) is 0.525. The molecule has 2 nitrogen and oxygen atoms in total. The van der Waals surface area contributed by atoms with Gasteiger partial charge in [-0.2, -0.15) is 0 Å². The van der Waals surface area contributed by atoms with Crippen LogP contribution in [0.2, 0.25) is 0 Å². The number of alkyl halides is 4. The van der Waals surface area contributed by atoms with Gasteiger partial charge < -0.3 is 4.74 Å². The van der Waals surface area contributed by atoms with Gasteiger partial charge >= 0.3 is 6.36 Å². The van der Waals surface area contributed by atoms with Crippen molar-refractivity contribution in [3.8, 4) is 5.75 Å². The number of ketones is 1. The van der Waals surface area contributed by atoms with Gasteiger partial charge in [0.15, 0.2) is 5.78 Å². The van der Waals surface area contributed by atoms with Crippen LogP contribution in [-0.2, 0) is 0 Å². The van der Waals surface area contributed by atoms with E-state index in [1.54, 1.807) is 0 Å². The van der Waals surface area contributed by atoms with Gasteiger partial charge in [0, 0.05) is 4.90 Å². The van der Waals surface area contributed by atoms with Crippen LogP contribution in [0.5, 0.6) is 5.75 Å². The molecule has 0 radical (unpaired) electrons. The number of hydrogen-bond acceptors (Lipinski definition) is 3. The van der Waals surface area contributed by atoms with Gasteiger partial charge in [-0.15, -0.1) is 25.8 Å². The van der Waals surface area contributed by atoms with E-state index in [9.17, 15) is 18.0 Å². The molecule has 1 aromatic rings. The Morgan fingerprint density at radius 1 is 1.44 bits per heavy atom. The molecule has 7 heteroatoms. The summed E-state index contributed by atoms with van der Waals surface area (Å²) in [4.78, 5) is 11.6. The van der Waals surface area contributed by atoms with Crippen LogP contribution in [0, 0.1) is 0 Å². The molecule has 0 amide bonds. The first-order chi connectivity index (χ1) is 7.33. The Morgan fingerprint density at radius 2 is 2.06 bits per heavy atom. The molecule has 0 fully saturated rings. The Bertz CT molecular complexity index is 406. The largest absolute Gasteiger partial charge is 0.573 e. The lowest BCUT2D eigenvalue weighted by Gasteiger charge is -2.12. The van der Waals surface area contributed by atoms with Crippen LogP contribution in [-0.4, -0.2) is 17.5 Å². The molecule has 0 unspecified atom stereocenters. The first-order valence-corrected chi connectivity index (χ1v) is 5.58. The molecular weight excluding hydrogens is 309 g/mol. The average molecular weight is 315 g/mol. The van der Waals surface area contributed by atoms with Crippen molar-refractivity contribution in [3.05, 3.63) is 23.8 Å². The molecule has 0 aliphatic rings. The molecule has 88 valence electrons. The first-order valence-electron chi connectivity index (χ1n) is 4.01. The summed E-state index contributed by atoms with van der Waals surface area (Å²) in [6, 6.07) is 3.71. The van der Waals surface area contributed by atoms with Crippen LogP contribution in [0.1, 0.15) is 10.4 Å². The lowest BCUT2D eigenvalue weighted by atomic mass is 10.1. The smallest absolute Gasteiger partial charge is 0.405 e. The number of benzene rings is 1. The van der Waals surface area contributed by atoms with Crippen LogP contribution in [0.3, 0.4) is 0 Å². The summed E-state index contributed by atoms with van der Waals surface area (Å²) in [7, 11) is 0. The summed E-state index contributed by atoms with van der Waals surface area (Å²) in [5, 5.41) is -0.0763. The zero-order valence-corrected chi connectivity index (χ0v) is 10.2. The maximum Gasteiger partial charge on any atom is 0.573 e. The first kappa shape index (κ1) is 13.4. The van der Waals surface area contributed by atoms with Gasteiger partial charge in [-0.3, -0.25) is 4.79 Å². The van der Waals surface area contributed by atoms with Crippen LogP contribution in [0.25, 0.3) is 0 Å². The molecule has 0 saturated heterocycles. The van der Waals surface area contributed by atoms with Gasteiger partial charge in [-0.25, -0.2) is 0 Å². The van der Waals surface area contributed by atoms with Gasteiger partial charge in [0.25, 0.3) is 0 Å². The standard InChI is InChI=1S/C9H6BrF3O2S/c10-4-7(14)6-2-1-5(16)3-8(6)15-9(11,12)13/h1-3,16H,4H2. The Hall–Kier alpha value is -0.690. The molecule has 0 bridgehead atoms. The third-order valence-corrected chi connectivity index (χ3v) is 2.40. The predicted octanol–water partition coefficient (Wildman–Crippen LogP) is 3.45. The lowest BCUT2D eigenvalue weighted by molar-refractivity contribution is -0.274. The van der Waals surface area contributed by atoms with Crippen LogP contribution >= 0.6 is 28.6 Å². The summed E-state index contributed by atoms with van der Waals surface area (Å²) in [5.41, 5.74) is -0.132. The maximum absolute atomic E-state index is 12.1. The lowest BCUT2D eigenvalue weighted by Crippen LogP contribution is -2.19. The van der Waals surface area contributed by atoms with E-state index < -0.39 is 17.9 Å².